The number of carbonyl (C=O) groups excluding carboxylic acids is 1. The second kappa shape index (κ2) is 3.57. The second-order valence-electron chi connectivity index (χ2n) is 2.80. The van der Waals surface area contributed by atoms with Crippen LogP contribution in [-0.2, 0) is 4.74 Å². The summed E-state index contributed by atoms with van der Waals surface area (Å²) >= 11 is 0. The normalized spacial score (nSPS) is 17.8. The van der Waals surface area contributed by atoms with Crippen LogP contribution in [0.2, 0.25) is 0 Å². The predicted octanol–water partition coefficient (Wildman–Crippen LogP) is -0.0960. The molecule has 0 unspecified atom stereocenters. The molecule has 0 radical (unpaired) electrons. The molecule has 1 aliphatic heterocycles. The first-order valence-corrected chi connectivity index (χ1v) is 3.75. The topological polar surface area (TPSA) is 41.6 Å². The molecule has 1 aliphatic rings. The Morgan fingerprint density at radius 3 is 2.82 bits per heavy atom. The summed E-state index contributed by atoms with van der Waals surface area (Å²) in [5.41, 5.74) is 0. The molecule has 1 fully saturated rings. The third-order valence-corrected chi connectivity index (χ3v) is 1.88. The molecule has 0 saturated carbocycles. The van der Waals surface area contributed by atoms with E-state index in [9.17, 15) is 4.79 Å². The average molecular weight is 158 g/mol. The van der Waals surface area contributed by atoms with Crippen LogP contribution in [-0.4, -0.2) is 44.8 Å². The first-order chi connectivity index (χ1) is 5.27. The van der Waals surface area contributed by atoms with E-state index in [4.69, 9.17) is 0 Å². The van der Waals surface area contributed by atoms with Gasteiger partial charge in [0.25, 0.3) is 0 Å². The molecule has 0 atom stereocenters. The van der Waals surface area contributed by atoms with Crippen molar-refractivity contribution in [2.75, 3.05) is 33.8 Å². The molecule has 0 aromatic heterocycles. The van der Waals surface area contributed by atoms with E-state index in [0.29, 0.717) is 5.92 Å². The van der Waals surface area contributed by atoms with Crippen molar-refractivity contribution in [3.8, 4) is 0 Å². The van der Waals surface area contributed by atoms with Gasteiger partial charge in [-0.05, 0) is 7.05 Å². The molecule has 0 aromatic rings. The SMILES string of the molecule is CNCC1CN(C(=O)OC)C1. The summed E-state index contributed by atoms with van der Waals surface area (Å²) in [4.78, 5) is 12.5. The van der Waals surface area contributed by atoms with Crippen LogP contribution in [0.3, 0.4) is 0 Å². The van der Waals surface area contributed by atoms with Gasteiger partial charge in [0.1, 0.15) is 0 Å². The van der Waals surface area contributed by atoms with Crippen LogP contribution in [0.25, 0.3) is 0 Å². The third-order valence-electron chi connectivity index (χ3n) is 1.88. The zero-order chi connectivity index (χ0) is 8.27. The quantitative estimate of drug-likeness (QED) is 0.610. The maximum Gasteiger partial charge on any atom is 0.409 e. The summed E-state index contributed by atoms with van der Waals surface area (Å²) < 4.78 is 4.55. The van der Waals surface area contributed by atoms with Gasteiger partial charge in [0, 0.05) is 25.6 Å². The van der Waals surface area contributed by atoms with Gasteiger partial charge in [0.2, 0.25) is 0 Å². The van der Waals surface area contributed by atoms with Crippen LogP contribution in [0.15, 0.2) is 0 Å². The Morgan fingerprint density at radius 1 is 1.73 bits per heavy atom. The van der Waals surface area contributed by atoms with Crippen molar-refractivity contribution in [1.29, 1.82) is 0 Å². The Kier molecular flexibility index (Phi) is 2.70. The fourth-order valence-corrected chi connectivity index (χ4v) is 1.27. The lowest BCUT2D eigenvalue weighted by Crippen LogP contribution is -2.52. The lowest BCUT2D eigenvalue weighted by Gasteiger charge is -2.37. The molecule has 11 heavy (non-hydrogen) atoms. The Bertz CT molecular complexity index is 143. The van der Waals surface area contributed by atoms with Crippen molar-refractivity contribution in [3.05, 3.63) is 0 Å². The van der Waals surface area contributed by atoms with Crippen LogP contribution in [0.5, 0.6) is 0 Å². The van der Waals surface area contributed by atoms with Gasteiger partial charge < -0.3 is 15.0 Å². The molecular weight excluding hydrogens is 144 g/mol. The first-order valence-electron chi connectivity index (χ1n) is 3.75. The number of likely N-dealkylation sites (tertiary alicyclic amines) is 1. The number of hydrogen-bond donors (Lipinski definition) is 1. The number of hydrogen-bond acceptors (Lipinski definition) is 3. The van der Waals surface area contributed by atoms with Crippen molar-refractivity contribution >= 4 is 6.09 Å². The van der Waals surface area contributed by atoms with Gasteiger partial charge in [0.05, 0.1) is 7.11 Å². The van der Waals surface area contributed by atoms with E-state index in [-0.39, 0.29) is 6.09 Å². The summed E-state index contributed by atoms with van der Waals surface area (Å²) in [7, 11) is 3.33. The highest BCUT2D eigenvalue weighted by atomic mass is 16.5. The highest BCUT2D eigenvalue weighted by Crippen LogP contribution is 2.14. The minimum Gasteiger partial charge on any atom is -0.453 e. The molecule has 1 saturated heterocycles. The van der Waals surface area contributed by atoms with Crippen molar-refractivity contribution in [3.63, 3.8) is 0 Å². The van der Waals surface area contributed by atoms with Crippen molar-refractivity contribution in [1.82, 2.24) is 10.2 Å². The molecule has 4 heteroatoms. The second-order valence-corrected chi connectivity index (χ2v) is 2.80. The number of nitrogens with one attached hydrogen (secondary N) is 1. The van der Waals surface area contributed by atoms with E-state index in [2.05, 4.69) is 10.1 Å². The average Bonchev–Trinajstić information content (AvgIpc) is 1.94. The minimum atomic E-state index is -0.211. The molecule has 1 amide bonds. The maximum atomic E-state index is 10.8. The van der Waals surface area contributed by atoms with Crippen LogP contribution in [0.4, 0.5) is 4.79 Å². The highest BCUT2D eigenvalue weighted by Gasteiger charge is 2.30. The zero-order valence-electron chi connectivity index (χ0n) is 6.96. The van der Waals surface area contributed by atoms with E-state index < -0.39 is 0 Å². The molecule has 0 spiro atoms. The predicted molar refractivity (Wildman–Crippen MR) is 41.4 cm³/mol. The third kappa shape index (κ3) is 1.83. The monoisotopic (exact) mass is 158 g/mol. The fourth-order valence-electron chi connectivity index (χ4n) is 1.27. The summed E-state index contributed by atoms with van der Waals surface area (Å²) in [5.74, 6) is 0.610. The van der Waals surface area contributed by atoms with E-state index >= 15 is 0 Å². The first kappa shape index (κ1) is 8.33. The van der Waals surface area contributed by atoms with Crippen LogP contribution in [0.1, 0.15) is 0 Å². The number of nitrogens with zero attached hydrogens (tertiary/aromatic N) is 1. The van der Waals surface area contributed by atoms with Crippen molar-refractivity contribution in [2.45, 2.75) is 0 Å². The molecule has 1 rings (SSSR count). The van der Waals surface area contributed by atoms with Gasteiger partial charge in [-0.1, -0.05) is 0 Å². The van der Waals surface area contributed by atoms with Gasteiger partial charge in [0.15, 0.2) is 0 Å². The van der Waals surface area contributed by atoms with Crippen LogP contribution >= 0.6 is 0 Å². The number of rotatable bonds is 2. The van der Waals surface area contributed by atoms with Gasteiger partial charge in [-0.25, -0.2) is 4.79 Å². The molecule has 1 N–H and O–H groups in total. The van der Waals surface area contributed by atoms with Crippen molar-refractivity contribution in [2.24, 2.45) is 5.92 Å². The van der Waals surface area contributed by atoms with Gasteiger partial charge >= 0.3 is 6.09 Å². The largest absolute Gasteiger partial charge is 0.453 e. The smallest absolute Gasteiger partial charge is 0.409 e. The minimum absolute atomic E-state index is 0.211. The van der Waals surface area contributed by atoms with Gasteiger partial charge in [-0.2, -0.15) is 0 Å². The van der Waals surface area contributed by atoms with E-state index in [1.807, 2.05) is 7.05 Å². The lowest BCUT2D eigenvalue weighted by atomic mass is 10.0. The highest BCUT2D eigenvalue weighted by molar-refractivity contribution is 5.68. The summed E-state index contributed by atoms with van der Waals surface area (Å²) in [5, 5.41) is 3.07. The number of amides is 1. The molecule has 1 heterocycles. The summed E-state index contributed by atoms with van der Waals surface area (Å²) in [6.45, 7) is 2.63. The molecule has 0 bridgehead atoms. The van der Waals surface area contributed by atoms with E-state index in [0.717, 1.165) is 19.6 Å². The Hall–Kier alpha value is -0.770. The lowest BCUT2D eigenvalue weighted by molar-refractivity contribution is 0.0682. The standard InChI is InChI=1S/C7H14N2O2/c1-8-3-6-4-9(5-6)7(10)11-2/h6,8H,3-5H2,1-2H3. The zero-order valence-corrected chi connectivity index (χ0v) is 6.96. The van der Waals surface area contributed by atoms with Gasteiger partial charge in [-0.3, -0.25) is 0 Å². The Balaban J connectivity index is 2.13. The fraction of sp³-hybridized carbons (Fsp3) is 0.857. The van der Waals surface area contributed by atoms with Gasteiger partial charge in [-0.15, -0.1) is 0 Å². The summed E-state index contributed by atoms with van der Waals surface area (Å²) in [6.07, 6.45) is -0.211. The van der Waals surface area contributed by atoms with Crippen molar-refractivity contribution < 1.29 is 9.53 Å². The van der Waals surface area contributed by atoms with Crippen LogP contribution in [0, 0.1) is 5.92 Å². The summed E-state index contributed by atoms with van der Waals surface area (Å²) in [6, 6.07) is 0. The van der Waals surface area contributed by atoms with E-state index in [1.54, 1.807) is 4.90 Å². The molecular formula is C7H14N2O2. The molecule has 0 aliphatic carbocycles. The Labute approximate surface area is 66.5 Å². The Morgan fingerprint density at radius 2 is 2.36 bits per heavy atom. The number of ether oxygens (including phenoxy) is 1. The molecule has 4 nitrogen and oxygen atoms in total. The number of methoxy groups -OCH3 is 1. The molecule has 64 valence electrons. The van der Waals surface area contributed by atoms with E-state index in [1.165, 1.54) is 7.11 Å². The van der Waals surface area contributed by atoms with Crippen LogP contribution < -0.4 is 5.32 Å². The maximum absolute atomic E-state index is 10.8. The molecule has 0 aromatic carbocycles. The number of carbonyl (C=O) groups is 1.